The number of furan rings is 1. The highest BCUT2D eigenvalue weighted by Gasteiger charge is 2.31. The van der Waals surface area contributed by atoms with E-state index in [1.165, 1.54) is 12.5 Å². The van der Waals surface area contributed by atoms with Crippen LogP contribution in [0.25, 0.3) is 44.3 Å². The monoisotopic (exact) mass is 493 g/mol. The molecule has 1 unspecified atom stereocenters. The molecule has 1 fully saturated rings. The molecule has 0 aliphatic heterocycles. The first-order valence-corrected chi connectivity index (χ1v) is 13.4. The van der Waals surface area contributed by atoms with E-state index in [4.69, 9.17) is 7.16 Å². The smallest absolute Gasteiger partial charge is 0.216 e. The van der Waals surface area contributed by atoms with Crippen LogP contribution in [0.3, 0.4) is 0 Å². The summed E-state index contributed by atoms with van der Waals surface area (Å²) in [6.45, 7) is 2.05. The van der Waals surface area contributed by atoms with Crippen molar-refractivity contribution in [2.45, 2.75) is 57.7 Å². The summed E-state index contributed by atoms with van der Waals surface area (Å²) in [7, 11) is 2.00. The Labute approximate surface area is 222 Å². The van der Waals surface area contributed by atoms with Gasteiger partial charge in [-0.2, -0.15) is 0 Å². The van der Waals surface area contributed by atoms with Crippen molar-refractivity contribution in [1.82, 2.24) is 0 Å². The second-order valence-corrected chi connectivity index (χ2v) is 10.7. The van der Waals surface area contributed by atoms with Crippen molar-refractivity contribution in [3.63, 3.8) is 0 Å². The van der Waals surface area contributed by atoms with Gasteiger partial charge in [0.05, 0.1) is 11.1 Å². The Balaban J connectivity index is 1.44. The number of fused-ring (bicyclic) bond motifs is 4. The number of hydrogen-bond acceptors (Lipinski definition) is 1. The third kappa shape index (κ3) is 3.62. The van der Waals surface area contributed by atoms with E-state index < -0.39 is 18.1 Å². The number of halogens is 1. The molecular formula is C34H33FNO+. The van der Waals surface area contributed by atoms with Gasteiger partial charge >= 0.3 is 0 Å². The number of nitrogens with zero attached hydrogens (tertiary/aromatic N) is 1. The summed E-state index contributed by atoms with van der Waals surface area (Å²) in [5.74, 6) is -1.20. The molecular weight excluding hydrogens is 457 g/mol. The number of aryl methyl sites for hydroxylation is 3. The molecule has 2 aliphatic carbocycles. The minimum absolute atomic E-state index is 0.150. The maximum Gasteiger partial charge on any atom is 0.216 e. The molecule has 0 amide bonds. The van der Waals surface area contributed by atoms with Gasteiger partial charge in [0.1, 0.15) is 24.0 Å². The average molecular weight is 494 g/mol. The van der Waals surface area contributed by atoms with Gasteiger partial charge in [0.25, 0.3) is 0 Å². The summed E-state index contributed by atoms with van der Waals surface area (Å²) in [6.07, 6.45) is 5.83. The Morgan fingerprint density at radius 1 is 0.919 bits per heavy atom. The molecule has 1 atom stereocenters. The van der Waals surface area contributed by atoms with E-state index in [0.717, 1.165) is 58.8 Å². The third-order valence-electron chi connectivity index (χ3n) is 8.50. The number of rotatable bonds is 3. The van der Waals surface area contributed by atoms with Gasteiger partial charge in [0, 0.05) is 27.0 Å². The van der Waals surface area contributed by atoms with Crippen molar-refractivity contribution < 1.29 is 17.5 Å². The topological polar surface area (TPSA) is 17.0 Å². The van der Waals surface area contributed by atoms with E-state index in [2.05, 4.69) is 23.6 Å². The molecule has 0 saturated heterocycles. The molecule has 3 heteroatoms. The number of benzene rings is 3. The summed E-state index contributed by atoms with van der Waals surface area (Å²) in [4.78, 5) is 0. The zero-order chi connectivity index (χ0) is 27.8. The number of aromatic nitrogens is 1. The molecule has 0 N–H and O–H groups in total. The van der Waals surface area contributed by atoms with Crippen LogP contribution in [-0.2, 0) is 13.4 Å². The van der Waals surface area contributed by atoms with Crippen LogP contribution in [0.1, 0.15) is 65.2 Å². The second kappa shape index (κ2) is 8.83. The SMILES string of the molecule is [2H]C1([2H])CC([2H])(C2CCCCC2)c2ccc(-c3c(F)ccc4c3oc3c(-c5cccc[n+]5C)c(C)ccc34)cc21. The van der Waals surface area contributed by atoms with Crippen molar-refractivity contribution in [3.8, 4) is 22.4 Å². The first-order valence-electron chi connectivity index (χ1n) is 14.9. The van der Waals surface area contributed by atoms with Gasteiger partial charge in [0.15, 0.2) is 6.20 Å². The first-order chi connectivity index (χ1) is 19.2. The van der Waals surface area contributed by atoms with Crippen LogP contribution < -0.4 is 4.57 Å². The van der Waals surface area contributed by atoms with Crippen LogP contribution in [0.4, 0.5) is 4.39 Å². The van der Waals surface area contributed by atoms with E-state index in [-0.39, 0.29) is 12.3 Å². The van der Waals surface area contributed by atoms with Gasteiger partial charge in [-0.3, -0.25) is 0 Å². The standard InChI is InChI=1S/C34H33FNO/c1-21-11-14-27-28-17-18-29(35)32(34(28)37-33(27)31(21)30-10-6-7-19-36(30)2)24-13-16-26-23(20-24)12-15-25(26)22-8-4-3-5-9-22/h6-7,10-11,13-14,16-20,22,25H,3-5,8-9,12,15H2,1-2H3/q+1/i12D2,25D. The minimum atomic E-state index is -1.64. The van der Waals surface area contributed by atoms with E-state index in [1.807, 2.05) is 43.6 Å². The van der Waals surface area contributed by atoms with Crippen LogP contribution in [0.2, 0.25) is 0 Å². The maximum atomic E-state index is 15.7. The van der Waals surface area contributed by atoms with Crippen LogP contribution in [0, 0.1) is 18.7 Å². The Morgan fingerprint density at radius 3 is 2.51 bits per heavy atom. The predicted molar refractivity (Wildman–Crippen MR) is 148 cm³/mol. The van der Waals surface area contributed by atoms with E-state index in [9.17, 15) is 1.37 Å². The first kappa shape index (κ1) is 19.6. The van der Waals surface area contributed by atoms with E-state index in [1.54, 1.807) is 12.1 Å². The van der Waals surface area contributed by atoms with E-state index >= 15 is 4.39 Å². The van der Waals surface area contributed by atoms with E-state index in [0.29, 0.717) is 27.9 Å². The highest BCUT2D eigenvalue weighted by atomic mass is 19.1. The zero-order valence-corrected chi connectivity index (χ0v) is 21.4. The maximum absolute atomic E-state index is 15.7. The summed E-state index contributed by atoms with van der Waals surface area (Å²) in [5.41, 5.74) is 6.42. The Kier molecular flexibility index (Phi) is 4.68. The minimum Gasteiger partial charge on any atom is -0.454 e. The normalized spacial score (nSPS) is 22.6. The van der Waals surface area contributed by atoms with Gasteiger partial charge in [-0.05, 0) is 84.8 Å². The zero-order valence-electron chi connectivity index (χ0n) is 24.4. The van der Waals surface area contributed by atoms with Crippen LogP contribution in [0.5, 0.6) is 0 Å². The molecule has 1 saturated carbocycles. The lowest BCUT2D eigenvalue weighted by atomic mass is 9.77. The Bertz CT molecular complexity index is 1800. The summed E-state index contributed by atoms with van der Waals surface area (Å²) in [6, 6.07) is 18.9. The highest BCUT2D eigenvalue weighted by Crippen LogP contribution is 2.46. The van der Waals surface area contributed by atoms with Crippen LogP contribution in [0.15, 0.2) is 71.3 Å². The van der Waals surface area contributed by atoms with Crippen molar-refractivity contribution in [2.75, 3.05) is 0 Å². The average Bonchev–Trinajstić information content (AvgIpc) is 3.41. The number of hydrogen-bond donors (Lipinski definition) is 0. The lowest BCUT2D eigenvalue weighted by Crippen LogP contribution is -2.30. The molecule has 0 radical (unpaired) electrons. The Morgan fingerprint density at radius 2 is 1.70 bits per heavy atom. The van der Waals surface area contributed by atoms with Gasteiger partial charge in [-0.15, -0.1) is 0 Å². The highest BCUT2D eigenvalue weighted by molar-refractivity contribution is 6.13. The largest absolute Gasteiger partial charge is 0.454 e. The number of pyridine rings is 1. The molecule has 0 bridgehead atoms. The molecule has 0 spiro atoms. The molecule has 2 nitrogen and oxygen atoms in total. The molecule has 3 aromatic carbocycles. The Hall–Kier alpha value is -3.46. The van der Waals surface area contributed by atoms with Crippen LogP contribution in [-0.4, -0.2) is 0 Å². The molecule has 2 aliphatic rings. The van der Waals surface area contributed by atoms with Crippen molar-refractivity contribution >= 4 is 21.9 Å². The quantitative estimate of drug-likeness (QED) is 0.230. The summed E-state index contributed by atoms with van der Waals surface area (Å²) in [5, 5.41) is 1.74. The fourth-order valence-electron chi connectivity index (χ4n) is 6.58. The van der Waals surface area contributed by atoms with Gasteiger partial charge in [-0.25, -0.2) is 8.96 Å². The van der Waals surface area contributed by atoms with Gasteiger partial charge in [0.2, 0.25) is 5.69 Å². The van der Waals surface area contributed by atoms with Gasteiger partial charge in [-0.1, -0.05) is 49.6 Å². The third-order valence-corrected chi connectivity index (χ3v) is 8.50. The van der Waals surface area contributed by atoms with Crippen molar-refractivity contribution in [2.24, 2.45) is 13.0 Å². The predicted octanol–water partition coefficient (Wildman–Crippen LogP) is 8.80. The molecule has 5 aromatic rings. The summed E-state index contributed by atoms with van der Waals surface area (Å²) < 4.78 is 51.6. The van der Waals surface area contributed by atoms with Crippen LogP contribution >= 0.6 is 0 Å². The van der Waals surface area contributed by atoms with Crippen molar-refractivity contribution in [1.29, 1.82) is 0 Å². The molecule has 37 heavy (non-hydrogen) atoms. The second-order valence-electron chi connectivity index (χ2n) is 10.7. The van der Waals surface area contributed by atoms with Gasteiger partial charge < -0.3 is 4.42 Å². The lowest BCUT2D eigenvalue weighted by molar-refractivity contribution is -0.660. The summed E-state index contributed by atoms with van der Waals surface area (Å²) >= 11 is 0. The van der Waals surface area contributed by atoms with Crippen molar-refractivity contribution in [3.05, 3.63) is 89.4 Å². The molecule has 7 rings (SSSR count). The molecule has 2 aromatic heterocycles. The fourth-order valence-corrected chi connectivity index (χ4v) is 6.58. The molecule has 2 heterocycles. The fraction of sp³-hybridized carbons (Fsp3) is 0.324. The lowest BCUT2D eigenvalue weighted by Gasteiger charge is -2.28. The molecule has 186 valence electrons.